The van der Waals surface area contributed by atoms with Crippen LogP contribution in [0.2, 0.25) is 0 Å². The van der Waals surface area contributed by atoms with Gasteiger partial charge in [0, 0.05) is 38.8 Å². The van der Waals surface area contributed by atoms with Crippen LogP contribution in [0, 0.1) is 12.8 Å². The van der Waals surface area contributed by atoms with Gasteiger partial charge < -0.3 is 14.6 Å². The highest BCUT2D eigenvalue weighted by atomic mass is 32.2. The molecule has 3 rings (SSSR count). The number of sulfonamides is 1. The molecule has 0 unspecified atom stereocenters. The molecule has 1 fully saturated rings. The van der Waals surface area contributed by atoms with Crippen molar-refractivity contribution in [1.29, 1.82) is 0 Å². The number of nitrogens with zero attached hydrogens (tertiary/aromatic N) is 3. The number of benzene rings is 1. The highest BCUT2D eigenvalue weighted by Gasteiger charge is 2.33. The summed E-state index contributed by atoms with van der Waals surface area (Å²) in [6, 6.07) is 7.91. The Labute approximate surface area is 184 Å². The van der Waals surface area contributed by atoms with Crippen molar-refractivity contribution in [2.75, 3.05) is 13.1 Å². The smallest absolute Gasteiger partial charge is 0.262 e. The molecule has 1 aromatic carbocycles. The maximum absolute atomic E-state index is 12.8. The molecule has 170 valence electrons. The van der Waals surface area contributed by atoms with E-state index in [9.17, 15) is 13.2 Å². The minimum atomic E-state index is -3.63. The van der Waals surface area contributed by atoms with E-state index in [1.165, 1.54) is 10.5 Å². The van der Waals surface area contributed by atoms with Gasteiger partial charge in [-0.2, -0.15) is 4.31 Å². The Morgan fingerprint density at radius 2 is 1.87 bits per heavy atom. The highest BCUT2D eigenvalue weighted by Crippen LogP contribution is 2.24. The molecule has 2 heterocycles. The van der Waals surface area contributed by atoms with Crippen LogP contribution in [-0.2, 0) is 39.8 Å². The minimum absolute atomic E-state index is 0.0368. The molecule has 0 atom stereocenters. The molecule has 31 heavy (non-hydrogen) atoms. The first-order valence-electron chi connectivity index (χ1n) is 10.6. The van der Waals surface area contributed by atoms with Gasteiger partial charge in [-0.3, -0.25) is 4.79 Å². The van der Waals surface area contributed by atoms with Gasteiger partial charge in [-0.25, -0.2) is 13.4 Å². The molecule has 1 saturated heterocycles. The van der Waals surface area contributed by atoms with Gasteiger partial charge in [-0.1, -0.05) is 24.3 Å². The predicted octanol–water partition coefficient (Wildman–Crippen LogP) is 2.37. The molecule has 8 nitrogen and oxygen atoms in total. The zero-order valence-electron chi connectivity index (χ0n) is 18.7. The standard InChI is InChI=1S/C22H32N4O4S/c1-16(2)30-15-20-8-6-5-7-19(20)13-23-22(27)18-9-11-26(12-10-18)31(28,29)21-14-25(4)17(3)24-21/h5-8,14,16,18H,9-13,15H2,1-4H3,(H,23,27). The monoisotopic (exact) mass is 448 g/mol. The van der Waals surface area contributed by atoms with Crippen LogP contribution in [0.4, 0.5) is 0 Å². The van der Waals surface area contributed by atoms with Crippen LogP contribution < -0.4 is 5.32 Å². The van der Waals surface area contributed by atoms with Gasteiger partial charge in [0.05, 0.1) is 12.7 Å². The van der Waals surface area contributed by atoms with Gasteiger partial charge in [0.2, 0.25) is 5.91 Å². The Morgan fingerprint density at radius 1 is 1.23 bits per heavy atom. The number of piperidine rings is 1. The van der Waals surface area contributed by atoms with Crippen LogP contribution in [0.1, 0.15) is 43.6 Å². The van der Waals surface area contributed by atoms with Crippen molar-refractivity contribution in [3.63, 3.8) is 0 Å². The third kappa shape index (κ3) is 5.72. The lowest BCUT2D eigenvalue weighted by Crippen LogP contribution is -2.43. The maximum atomic E-state index is 12.8. The lowest BCUT2D eigenvalue weighted by molar-refractivity contribution is -0.126. The fraction of sp³-hybridized carbons (Fsp3) is 0.545. The summed E-state index contributed by atoms with van der Waals surface area (Å²) in [7, 11) is -1.86. The summed E-state index contributed by atoms with van der Waals surface area (Å²) in [4.78, 5) is 16.8. The van der Waals surface area contributed by atoms with Crippen molar-refractivity contribution >= 4 is 15.9 Å². The van der Waals surface area contributed by atoms with Crippen LogP contribution in [0.15, 0.2) is 35.5 Å². The number of amides is 1. The first kappa shape index (κ1) is 23.4. The van der Waals surface area contributed by atoms with E-state index in [2.05, 4.69) is 10.3 Å². The van der Waals surface area contributed by atoms with Crippen molar-refractivity contribution in [3.8, 4) is 0 Å². The van der Waals surface area contributed by atoms with Crippen LogP contribution in [-0.4, -0.2) is 47.4 Å². The van der Waals surface area contributed by atoms with Crippen LogP contribution in [0.5, 0.6) is 0 Å². The van der Waals surface area contributed by atoms with E-state index < -0.39 is 10.0 Å². The molecule has 0 aliphatic carbocycles. The molecule has 0 radical (unpaired) electrons. The molecular weight excluding hydrogens is 416 g/mol. The third-order valence-electron chi connectivity index (χ3n) is 5.66. The quantitative estimate of drug-likeness (QED) is 0.669. The minimum Gasteiger partial charge on any atom is -0.374 e. The van der Waals surface area contributed by atoms with Crippen LogP contribution >= 0.6 is 0 Å². The second kappa shape index (κ2) is 9.93. The molecule has 1 aliphatic rings. The number of rotatable bonds is 8. The van der Waals surface area contributed by atoms with E-state index >= 15 is 0 Å². The Kier molecular flexibility index (Phi) is 7.51. The molecular formula is C22H32N4O4S. The Bertz CT molecular complexity index is 989. The van der Waals surface area contributed by atoms with Gasteiger partial charge >= 0.3 is 0 Å². The zero-order chi connectivity index (χ0) is 22.6. The summed E-state index contributed by atoms with van der Waals surface area (Å²) in [6.45, 7) is 7.32. The van der Waals surface area contributed by atoms with E-state index in [1.807, 2.05) is 38.1 Å². The van der Waals surface area contributed by atoms with Gasteiger partial charge in [0.25, 0.3) is 10.0 Å². The Hall–Kier alpha value is -2.23. The number of ether oxygens (including phenoxy) is 1. The summed E-state index contributed by atoms with van der Waals surface area (Å²) in [5.41, 5.74) is 2.09. The number of carbonyl (C=O) groups excluding carboxylic acids is 1. The largest absolute Gasteiger partial charge is 0.374 e. The molecule has 0 bridgehead atoms. The topological polar surface area (TPSA) is 93.5 Å². The van der Waals surface area contributed by atoms with Crippen LogP contribution in [0.3, 0.4) is 0 Å². The van der Waals surface area contributed by atoms with E-state index in [-0.39, 0.29) is 23.0 Å². The number of aryl methyl sites for hydroxylation is 2. The summed E-state index contributed by atoms with van der Waals surface area (Å²) in [5, 5.41) is 3.08. The second-order valence-corrected chi connectivity index (χ2v) is 10.1. The lowest BCUT2D eigenvalue weighted by Gasteiger charge is -2.30. The summed E-state index contributed by atoms with van der Waals surface area (Å²) >= 11 is 0. The number of carbonyl (C=O) groups is 1. The lowest BCUT2D eigenvalue weighted by atomic mass is 9.97. The normalized spacial score (nSPS) is 16.0. The fourth-order valence-corrected chi connectivity index (χ4v) is 5.09. The average Bonchev–Trinajstić information content (AvgIpc) is 3.10. The van der Waals surface area contributed by atoms with Crippen LogP contribution in [0.25, 0.3) is 0 Å². The van der Waals surface area contributed by atoms with Crippen molar-refractivity contribution in [2.24, 2.45) is 13.0 Å². The van der Waals surface area contributed by atoms with Gasteiger partial charge in [-0.05, 0) is 44.7 Å². The SMILES string of the molecule is Cc1nc(S(=O)(=O)N2CCC(C(=O)NCc3ccccc3COC(C)C)CC2)cn1C. The summed E-state index contributed by atoms with van der Waals surface area (Å²) in [6.07, 6.45) is 2.66. The van der Waals surface area contributed by atoms with Crippen molar-refractivity contribution in [3.05, 3.63) is 47.4 Å². The van der Waals surface area contributed by atoms with E-state index in [0.717, 1.165) is 11.1 Å². The second-order valence-electron chi connectivity index (χ2n) is 8.26. The Balaban J connectivity index is 1.54. The number of hydrogen-bond donors (Lipinski definition) is 1. The van der Waals surface area contributed by atoms with Gasteiger partial charge in [0.15, 0.2) is 5.03 Å². The molecule has 1 N–H and O–H groups in total. The number of nitrogens with one attached hydrogen (secondary N) is 1. The van der Waals surface area contributed by atoms with E-state index in [1.54, 1.807) is 18.5 Å². The number of hydrogen-bond acceptors (Lipinski definition) is 5. The predicted molar refractivity (Wildman–Crippen MR) is 118 cm³/mol. The van der Waals surface area contributed by atoms with Gasteiger partial charge in [-0.15, -0.1) is 0 Å². The molecule has 1 aliphatic heterocycles. The first-order valence-corrected chi connectivity index (χ1v) is 12.1. The Morgan fingerprint density at radius 3 is 2.45 bits per heavy atom. The van der Waals surface area contributed by atoms with Gasteiger partial charge in [0.1, 0.15) is 5.82 Å². The van der Waals surface area contributed by atoms with Crippen molar-refractivity contribution in [2.45, 2.75) is 57.9 Å². The number of aromatic nitrogens is 2. The highest BCUT2D eigenvalue weighted by molar-refractivity contribution is 7.89. The average molecular weight is 449 g/mol. The molecule has 2 aromatic rings. The molecule has 1 amide bonds. The van der Waals surface area contributed by atoms with E-state index in [0.29, 0.717) is 44.9 Å². The molecule has 9 heteroatoms. The molecule has 0 spiro atoms. The zero-order valence-corrected chi connectivity index (χ0v) is 19.5. The first-order chi connectivity index (χ1) is 14.7. The van der Waals surface area contributed by atoms with Crippen molar-refractivity contribution in [1.82, 2.24) is 19.2 Å². The molecule has 1 aromatic heterocycles. The number of imidazole rings is 1. The summed E-state index contributed by atoms with van der Waals surface area (Å²) < 4.78 is 34.5. The maximum Gasteiger partial charge on any atom is 0.262 e. The molecule has 0 saturated carbocycles. The summed E-state index contributed by atoms with van der Waals surface area (Å²) in [5.74, 6) is 0.410. The van der Waals surface area contributed by atoms with Crippen molar-refractivity contribution < 1.29 is 17.9 Å². The van der Waals surface area contributed by atoms with E-state index in [4.69, 9.17) is 4.74 Å². The fourth-order valence-electron chi connectivity index (χ4n) is 3.60. The third-order valence-corrected chi connectivity index (χ3v) is 7.43.